The van der Waals surface area contributed by atoms with Crippen LogP contribution in [-0.2, 0) is 25.0 Å². The molecule has 0 saturated carbocycles. The van der Waals surface area contributed by atoms with E-state index in [1.165, 1.54) is 16.4 Å². The summed E-state index contributed by atoms with van der Waals surface area (Å²) in [6.45, 7) is 2.23. The Balaban J connectivity index is 2.01. The number of methoxy groups -OCH3 is 1. The van der Waals surface area contributed by atoms with Crippen LogP contribution in [0.25, 0.3) is 0 Å². The fourth-order valence-electron chi connectivity index (χ4n) is 3.73. The molecule has 1 heterocycles. The smallest absolute Gasteiger partial charge is 0.304 e. The summed E-state index contributed by atoms with van der Waals surface area (Å²) in [6.07, 6.45) is 0. The Hall–Kier alpha value is -2.55. The van der Waals surface area contributed by atoms with Gasteiger partial charge in [0.2, 0.25) is 16.0 Å². The molecular formula is C23H31ClN6O5S2. The van der Waals surface area contributed by atoms with Gasteiger partial charge in [0.25, 0.3) is 0 Å². The molecule has 0 aliphatic carbocycles. The third-order valence-corrected chi connectivity index (χ3v) is 8.16. The molecule has 0 bridgehead atoms. The molecule has 2 aromatic carbocycles. The van der Waals surface area contributed by atoms with Gasteiger partial charge in [-0.1, -0.05) is 61.0 Å². The summed E-state index contributed by atoms with van der Waals surface area (Å²) in [6, 6.07) is 16.8. The van der Waals surface area contributed by atoms with Crippen LogP contribution in [0, 0.1) is 0 Å². The van der Waals surface area contributed by atoms with Crippen molar-refractivity contribution in [3.05, 3.63) is 70.7 Å². The van der Waals surface area contributed by atoms with Crippen molar-refractivity contribution in [2.24, 2.45) is 15.2 Å². The standard InChI is InChI=1S/C23H31ClN6O5S2/c1-3-29(14-15-35-2)37(33,34)28-23(26-13-16-36(25,31)32)30-17-21(18-7-5-4-6-8-18)22(27-30)19-9-11-20(24)12-10-19/h4-12,21H,3,13-17H2,1-2H3,(H,26,28)(H2,25,31,32). The van der Waals surface area contributed by atoms with Gasteiger partial charge in [0, 0.05) is 31.1 Å². The van der Waals surface area contributed by atoms with E-state index < -0.39 is 26.0 Å². The monoisotopic (exact) mass is 570 g/mol. The van der Waals surface area contributed by atoms with Crippen LogP contribution in [0.15, 0.2) is 64.7 Å². The molecule has 1 atom stereocenters. The highest BCUT2D eigenvalue weighted by Crippen LogP contribution is 2.29. The van der Waals surface area contributed by atoms with Gasteiger partial charge >= 0.3 is 10.2 Å². The van der Waals surface area contributed by atoms with Crippen molar-refractivity contribution in [3.8, 4) is 0 Å². The molecule has 0 fully saturated rings. The fraction of sp³-hybridized carbons (Fsp3) is 0.391. The lowest BCUT2D eigenvalue weighted by Crippen LogP contribution is -2.49. The predicted octanol–water partition coefficient (Wildman–Crippen LogP) is 1.59. The first-order valence-electron chi connectivity index (χ1n) is 11.5. The number of sulfonamides is 1. The molecule has 3 N–H and O–H groups in total. The van der Waals surface area contributed by atoms with Crippen molar-refractivity contribution in [2.45, 2.75) is 12.8 Å². The maximum Gasteiger partial charge on any atom is 0.304 e. The quantitative estimate of drug-likeness (QED) is 0.310. The zero-order valence-electron chi connectivity index (χ0n) is 20.6. The van der Waals surface area contributed by atoms with E-state index in [2.05, 4.69) is 9.71 Å². The lowest BCUT2D eigenvalue weighted by molar-refractivity contribution is 0.180. The second-order valence-corrected chi connectivity index (χ2v) is 12.0. The van der Waals surface area contributed by atoms with Crippen LogP contribution in [0.1, 0.15) is 24.0 Å². The van der Waals surface area contributed by atoms with Crippen LogP contribution in [-0.4, -0.2) is 83.5 Å². The maximum absolute atomic E-state index is 13.2. The first kappa shape index (κ1) is 29.0. The highest BCUT2D eigenvalue weighted by atomic mass is 35.5. The third kappa shape index (κ3) is 8.22. The number of hydrogen-bond donors (Lipinski definition) is 2. The number of hydrazone groups is 1. The minimum Gasteiger partial charge on any atom is -0.383 e. The van der Waals surface area contributed by atoms with E-state index in [1.807, 2.05) is 42.5 Å². The Morgan fingerprint density at radius 2 is 1.86 bits per heavy atom. The van der Waals surface area contributed by atoms with E-state index in [1.54, 1.807) is 19.1 Å². The van der Waals surface area contributed by atoms with Crippen LogP contribution in [0.2, 0.25) is 5.02 Å². The molecule has 37 heavy (non-hydrogen) atoms. The zero-order valence-corrected chi connectivity index (χ0v) is 23.0. The van der Waals surface area contributed by atoms with E-state index >= 15 is 0 Å². The maximum atomic E-state index is 13.2. The number of guanidine groups is 1. The zero-order chi connectivity index (χ0) is 27.1. The highest BCUT2D eigenvalue weighted by Gasteiger charge is 2.33. The predicted molar refractivity (Wildman–Crippen MR) is 145 cm³/mol. The molecule has 0 radical (unpaired) electrons. The van der Waals surface area contributed by atoms with Gasteiger partial charge in [-0.05, 0) is 23.3 Å². The van der Waals surface area contributed by atoms with Gasteiger partial charge in [0.1, 0.15) is 0 Å². The van der Waals surface area contributed by atoms with Crippen molar-refractivity contribution in [1.29, 1.82) is 0 Å². The minimum absolute atomic E-state index is 0.107. The van der Waals surface area contributed by atoms with Gasteiger partial charge in [-0.15, -0.1) is 0 Å². The Morgan fingerprint density at radius 1 is 1.19 bits per heavy atom. The van der Waals surface area contributed by atoms with Crippen LogP contribution in [0.5, 0.6) is 0 Å². The van der Waals surface area contributed by atoms with E-state index in [9.17, 15) is 16.8 Å². The number of primary sulfonamides is 1. The molecule has 2 aromatic rings. The number of halogens is 1. The number of hydrogen-bond acceptors (Lipinski definition) is 7. The average Bonchev–Trinajstić information content (AvgIpc) is 3.29. The Morgan fingerprint density at radius 3 is 2.46 bits per heavy atom. The Bertz CT molecular complexity index is 1320. The van der Waals surface area contributed by atoms with Crippen molar-refractivity contribution in [2.75, 3.05) is 45.6 Å². The molecule has 0 spiro atoms. The Labute approximate surface area is 223 Å². The molecule has 11 nitrogen and oxygen atoms in total. The first-order valence-corrected chi connectivity index (χ1v) is 15.1. The van der Waals surface area contributed by atoms with Gasteiger partial charge in [0.15, 0.2) is 0 Å². The lowest BCUT2D eigenvalue weighted by atomic mass is 9.91. The number of nitrogens with zero attached hydrogens (tertiary/aromatic N) is 4. The van der Waals surface area contributed by atoms with E-state index in [4.69, 9.17) is 26.6 Å². The topological polar surface area (TPSA) is 147 Å². The number of aliphatic imine (C=N–C) groups is 1. The number of benzene rings is 2. The normalized spacial score (nSPS) is 16.8. The second-order valence-electron chi connectivity index (χ2n) is 8.20. The van der Waals surface area contributed by atoms with E-state index in [0.29, 0.717) is 10.7 Å². The summed E-state index contributed by atoms with van der Waals surface area (Å²) in [5.74, 6) is -0.779. The SMILES string of the molecule is CCN(CCOC)S(=O)(=O)NC(=NCCS(N)(=O)=O)N1CC(c2ccccc2)C(c2ccc(Cl)cc2)=N1. The van der Waals surface area contributed by atoms with Gasteiger partial charge in [-0.2, -0.15) is 17.8 Å². The highest BCUT2D eigenvalue weighted by molar-refractivity contribution is 7.89. The largest absolute Gasteiger partial charge is 0.383 e. The third-order valence-electron chi connectivity index (χ3n) is 5.60. The number of rotatable bonds is 11. The van der Waals surface area contributed by atoms with E-state index in [0.717, 1.165) is 11.1 Å². The molecular weight excluding hydrogens is 540 g/mol. The molecule has 1 aliphatic heterocycles. The summed E-state index contributed by atoms with van der Waals surface area (Å²) in [7, 11) is -6.38. The molecule has 3 rings (SSSR count). The second kappa shape index (κ2) is 12.8. The lowest BCUT2D eigenvalue weighted by Gasteiger charge is -2.24. The summed E-state index contributed by atoms with van der Waals surface area (Å²) in [5, 5.41) is 11.9. The molecule has 1 aliphatic rings. The summed E-state index contributed by atoms with van der Waals surface area (Å²) < 4.78 is 58.0. The molecule has 0 aromatic heterocycles. The van der Waals surface area contributed by atoms with Crippen LogP contribution < -0.4 is 9.86 Å². The van der Waals surface area contributed by atoms with Crippen LogP contribution >= 0.6 is 11.6 Å². The molecule has 0 amide bonds. The van der Waals surface area contributed by atoms with Gasteiger partial charge in [-0.25, -0.2) is 28.3 Å². The van der Waals surface area contributed by atoms with Gasteiger partial charge in [-0.3, -0.25) is 0 Å². The minimum atomic E-state index is -4.05. The van der Waals surface area contributed by atoms with Gasteiger partial charge in [0.05, 0.1) is 31.2 Å². The first-order chi connectivity index (χ1) is 17.5. The summed E-state index contributed by atoms with van der Waals surface area (Å²) in [4.78, 5) is 4.25. The number of nitrogens with one attached hydrogen (secondary N) is 1. The summed E-state index contributed by atoms with van der Waals surface area (Å²) in [5.41, 5.74) is 2.47. The fourth-order valence-corrected chi connectivity index (χ4v) is 5.38. The van der Waals surface area contributed by atoms with Crippen molar-refractivity contribution in [3.63, 3.8) is 0 Å². The van der Waals surface area contributed by atoms with Gasteiger partial charge < -0.3 is 4.74 Å². The number of ether oxygens (including phenoxy) is 1. The average molecular weight is 571 g/mol. The number of nitrogens with two attached hydrogens (primary N) is 1. The molecule has 1 unspecified atom stereocenters. The molecule has 14 heteroatoms. The number of likely N-dealkylation sites (N-methyl/N-ethyl adjacent to an activating group) is 1. The van der Waals surface area contributed by atoms with Crippen LogP contribution in [0.4, 0.5) is 0 Å². The van der Waals surface area contributed by atoms with Crippen molar-refractivity contribution in [1.82, 2.24) is 14.0 Å². The van der Waals surface area contributed by atoms with Crippen molar-refractivity contribution >= 4 is 43.5 Å². The van der Waals surface area contributed by atoms with E-state index in [-0.39, 0.29) is 44.7 Å². The van der Waals surface area contributed by atoms with Crippen molar-refractivity contribution < 1.29 is 21.6 Å². The summed E-state index contributed by atoms with van der Waals surface area (Å²) >= 11 is 6.08. The molecule has 0 saturated heterocycles. The Kier molecular flexibility index (Phi) is 10.0. The molecule has 202 valence electrons. The van der Waals surface area contributed by atoms with Crippen LogP contribution in [0.3, 0.4) is 0 Å².